The SMILES string of the molecule is CCCCOC(CC)(OCC)P(=O)(O)O. The van der Waals surface area contributed by atoms with Crippen molar-refractivity contribution in [3.63, 3.8) is 0 Å². The minimum Gasteiger partial charge on any atom is -0.340 e. The van der Waals surface area contributed by atoms with E-state index in [1.807, 2.05) is 6.92 Å². The molecule has 92 valence electrons. The normalized spacial score (nSPS) is 16.3. The Balaban J connectivity index is 4.59. The van der Waals surface area contributed by atoms with Gasteiger partial charge in [-0.1, -0.05) is 20.3 Å². The molecule has 1 atom stereocenters. The topological polar surface area (TPSA) is 76.0 Å². The molecule has 5 nitrogen and oxygen atoms in total. The Morgan fingerprint density at radius 3 is 2.13 bits per heavy atom. The van der Waals surface area contributed by atoms with Crippen molar-refractivity contribution in [2.75, 3.05) is 13.2 Å². The lowest BCUT2D eigenvalue weighted by atomic mass is 10.3. The van der Waals surface area contributed by atoms with Gasteiger partial charge in [0.05, 0.1) is 6.61 Å². The van der Waals surface area contributed by atoms with Crippen molar-refractivity contribution in [2.24, 2.45) is 0 Å². The summed E-state index contributed by atoms with van der Waals surface area (Å²) in [5.74, 6) is 0. The minimum atomic E-state index is -4.41. The molecule has 15 heavy (non-hydrogen) atoms. The molecule has 0 heterocycles. The Morgan fingerprint density at radius 1 is 1.20 bits per heavy atom. The maximum atomic E-state index is 11.3. The standard InChI is InChI=1S/C9H21O5P/c1-4-7-8-14-9(5-2,13-6-3)15(10,11)12/h4-8H2,1-3H3,(H2,10,11,12). The molecule has 6 heteroatoms. The summed E-state index contributed by atoms with van der Waals surface area (Å²) in [5, 5.41) is 0. The van der Waals surface area contributed by atoms with E-state index < -0.39 is 13.1 Å². The van der Waals surface area contributed by atoms with Crippen molar-refractivity contribution >= 4 is 7.60 Å². The zero-order chi connectivity index (χ0) is 11.9. The first kappa shape index (κ1) is 15.1. The summed E-state index contributed by atoms with van der Waals surface area (Å²) < 4.78 is 21.7. The second-order valence-electron chi connectivity index (χ2n) is 3.25. The van der Waals surface area contributed by atoms with Gasteiger partial charge in [0, 0.05) is 13.0 Å². The zero-order valence-corrected chi connectivity index (χ0v) is 10.5. The van der Waals surface area contributed by atoms with Crippen molar-refractivity contribution in [1.29, 1.82) is 0 Å². The van der Waals surface area contributed by atoms with Crippen LogP contribution in [0.5, 0.6) is 0 Å². The van der Waals surface area contributed by atoms with Crippen molar-refractivity contribution < 1.29 is 23.8 Å². The molecule has 1 unspecified atom stereocenters. The second-order valence-corrected chi connectivity index (χ2v) is 5.01. The van der Waals surface area contributed by atoms with Crippen LogP contribution in [0.2, 0.25) is 0 Å². The maximum Gasteiger partial charge on any atom is 0.384 e. The van der Waals surface area contributed by atoms with Crippen molar-refractivity contribution in [1.82, 2.24) is 0 Å². The lowest BCUT2D eigenvalue weighted by Gasteiger charge is -2.32. The quantitative estimate of drug-likeness (QED) is 0.386. The molecular weight excluding hydrogens is 219 g/mol. The molecule has 0 aliphatic heterocycles. The van der Waals surface area contributed by atoms with E-state index >= 15 is 0 Å². The molecule has 0 aromatic carbocycles. The van der Waals surface area contributed by atoms with E-state index in [1.54, 1.807) is 13.8 Å². The van der Waals surface area contributed by atoms with E-state index in [9.17, 15) is 14.4 Å². The highest BCUT2D eigenvalue weighted by Crippen LogP contribution is 2.54. The molecule has 0 saturated heterocycles. The first-order valence-corrected chi connectivity index (χ1v) is 6.88. The van der Waals surface area contributed by atoms with Gasteiger partial charge < -0.3 is 19.3 Å². The molecule has 0 bridgehead atoms. The van der Waals surface area contributed by atoms with Gasteiger partial charge in [-0.2, -0.15) is 0 Å². The van der Waals surface area contributed by atoms with E-state index in [2.05, 4.69) is 0 Å². The van der Waals surface area contributed by atoms with E-state index in [0.717, 1.165) is 12.8 Å². The van der Waals surface area contributed by atoms with Crippen molar-refractivity contribution in [3.05, 3.63) is 0 Å². The minimum absolute atomic E-state index is 0.134. The highest BCUT2D eigenvalue weighted by atomic mass is 31.2. The van der Waals surface area contributed by atoms with Crippen LogP contribution in [0.15, 0.2) is 0 Å². The Morgan fingerprint density at radius 2 is 1.80 bits per heavy atom. The smallest absolute Gasteiger partial charge is 0.340 e. The van der Waals surface area contributed by atoms with Gasteiger partial charge in [0.25, 0.3) is 5.53 Å². The Hall–Kier alpha value is 0.0700. The Bertz CT molecular complexity index is 215. The highest BCUT2D eigenvalue weighted by Gasteiger charge is 2.47. The molecule has 0 amide bonds. The molecule has 2 N–H and O–H groups in total. The first-order chi connectivity index (χ1) is 6.93. The van der Waals surface area contributed by atoms with Gasteiger partial charge in [0.15, 0.2) is 0 Å². The maximum absolute atomic E-state index is 11.3. The molecule has 0 aromatic heterocycles. The molecule has 0 radical (unpaired) electrons. The fourth-order valence-electron chi connectivity index (χ4n) is 1.22. The predicted molar refractivity (Wildman–Crippen MR) is 57.6 cm³/mol. The molecule has 0 rings (SSSR count). The summed E-state index contributed by atoms with van der Waals surface area (Å²) in [4.78, 5) is 18.4. The van der Waals surface area contributed by atoms with E-state index in [4.69, 9.17) is 9.47 Å². The summed E-state index contributed by atoms with van der Waals surface area (Å²) in [6.45, 7) is 5.82. The van der Waals surface area contributed by atoms with Crippen molar-refractivity contribution in [3.8, 4) is 0 Å². The average Bonchev–Trinajstić information content (AvgIpc) is 2.15. The van der Waals surface area contributed by atoms with Crippen LogP contribution in [-0.4, -0.2) is 28.5 Å². The van der Waals surface area contributed by atoms with Gasteiger partial charge >= 0.3 is 7.60 Å². The highest BCUT2D eigenvalue weighted by molar-refractivity contribution is 7.53. The summed E-state index contributed by atoms with van der Waals surface area (Å²) in [6.07, 6.45) is 1.80. The summed E-state index contributed by atoms with van der Waals surface area (Å²) in [6, 6.07) is 0. The van der Waals surface area contributed by atoms with E-state index in [-0.39, 0.29) is 13.0 Å². The van der Waals surface area contributed by atoms with Gasteiger partial charge in [-0.05, 0) is 13.3 Å². The molecule has 0 saturated carbocycles. The monoisotopic (exact) mass is 240 g/mol. The number of unbranched alkanes of at least 4 members (excludes halogenated alkanes) is 1. The third-order valence-electron chi connectivity index (χ3n) is 2.09. The number of rotatable bonds is 8. The van der Waals surface area contributed by atoms with Crippen LogP contribution in [0.4, 0.5) is 0 Å². The third kappa shape index (κ3) is 4.21. The van der Waals surface area contributed by atoms with Gasteiger partial charge in [-0.15, -0.1) is 0 Å². The van der Waals surface area contributed by atoms with Gasteiger partial charge in [-0.3, -0.25) is 4.57 Å². The first-order valence-electron chi connectivity index (χ1n) is 5.27. The molecule has 0 fully saturated rings. The van der Waals surface area contributed by atoms with Crippen LogP contribution in [0.1, 0.15) is 40.0 Å². The van der Waals surface area contributed by atoms with Crippen LogP contribution < -0.4 is 0 Å². The summed E-state index contributed by atoms with van der Waals surface area (Å²) in [7, 11) is -4.41. The lowest BCUT2D eigenvalue weighted by molar-refractivity contribution is -0.189. The summed E-state index contributed by atoms with van der Waals surface area (Å²) in [5.41, 5.74) is -1.75. The van der Waals surface area contributed by atoms with Crippen molar-refractivity contribution in [2.45, 2.75) is 45.6 Å². The zero-order valence-electron chi connectivity index (χ0n) is 9.60. The van der Waals surface area contributed by atoms with Gasteiger partial charge in [0.2, 0.25) is 0 Å². The molecule has 0 aliphatic carbocycles. The van der Waals surface area contributed by atoms with Crippen LogP contribution in [0.3, 0.4) is 0 Å². The number of ether oxygens (including phenoxy) is 2. The average molecular weight is 240 g/mol. The number of hydrogen-bond acceptors (Lipinski definition) is 3. The van der Waals surface area contributed by atoms with Gasteiger partial charge in [0.1, 0.15) is 0 Å². The lowest BCUT2D eigenvalue weighted by Crippen LogP contribution is -2.35. The van der Waals surface area contributed by atoms with Crippen LogP contribution in [-0.2, 0) is 14.0 Å². The van der Waals surface area contributed by atoms with Crippen LogP contribution in [0.25, 0.3) is 0 Å². The summed E-state index contributed by atoms with van der Waals surface area (Å²) >= 11 is 0. The Labute approximate surface area is 90.9 Å². The van der Waals surface area contributed by atoms with E-state index in [1.165, 1.54) is 0 Å². The molecule has 0 spiro atoms. The van der Waals surface area contributed by atoms with Gasteiger partial charge in [-0.25, -0.2) is 0 Å². The predicted octanol–water partition coefficient (Wildman–Crippen LogP) is 2.08. The molecular formula is C9H21O5P. The van der Waals surface area contributed by atoms with E-state index in [0.29, 0.717) is 6.61 Å². The fraction of sp³-hybridized carbons (Fsp3) is 1.00. The molecule has 0 aliphatic rings. The largest absolute Gasteiger partial charge is 0.384 e. The Kier molecular flexibility index (Phi) is 6.64. The third-order valence-corrected chi connectivity index (χ3v) is 3.55. The van der Waals surface area contributed by atoms with Crippen LogP contribution in [0, 0.1) is 0 Å². The molecule has 0 aromatic rings. The second kappa shape index (κ2) is 6.61. The fourth-order valence-corrected chi connectivity index (χ4v) is 2.19. The number of hydrogen-bond donors (Lipinski definition) is 2. The van der Waals surface area contributed by atoms with Crippen LogP contribution >= 0.6 is 7.60 Å².